The number of piperidine rings is 1. The molecule has 1 saturated heterocycles. The second kappa shape index (κ2) is 5.82. The van der Waals surface area contributed by atoms with E-state index in [9.17, 15) is 4.79 Å². The van der Waals surface area contributed by atoms with Crippen LogP contribution in [0.3, 0.4) is 0 Å². The third-order valence-electron chi connectivity index (χ3n) is 3.37. The molecule has 2 heterocycles. The van der Waals surface area contributed by atoms with Crippen LogP contribution in [0.5, 0.6) is 0 Å². The summed E-state index contributed by atoms with van der Waals surface area (Å²) in [6.07, 6.45) is 4.50. The standard InChI is InChI=1S/C13H18N2O3/c16-8-5-10-3-2-7-15(9-10)12-11(13(17)18)4-1-6-14-12/h1,4,6,10,16H,2-3,5,7-9H2,(H,17,18). The first-order valence-corrected chi connectivity index (χ1v) is 6.26. The van der Waals surface area contributed by atoms with Crippen molar-refractivity contribution < 1.29 is 15.0 Å². The van der Waals surface area contributed by atoms with Gasteiger partial charge in [0.25, 0.3) is 0 Å². The highest BCUT2D eigenvalue weighted by Crippen LogP contribution is 2.25. The van der Waals surface area contributed by atoms with E-state index >= 15 is 0 Å². The van der Waals surface area contributed by atoms with Gasteiger partial charge in [0.2, 0.25) is 0 Å². The number of rotatable bonds is 4. The van der Waals surface area contributed by atoms with Crippen LogP contribution in [0.25, 0.3) is 0 Å². The van der Waals surface area contributed by atoms with Crippen molar-refractivity contribution in [1.82, 2.24) is 4.98 Å². The lowest BCUT2D eigenvalue weighted by molar-refractivity contribution is 0.0697. The van der Waals surface area contributed by atoms with Gasteiger partial charge in [0.05, 0.1) is 0 Å². The van der Waals surface area contributed by atoms with Crippen molar-refractivity contribution in [3.8, 4) is 0 Å². The number of carboxylic acids is 1. The van der Waals surface area contributed by atoms with Gasteiger partial charge in [0.15, 0.2) is 0 Å². The normalized spacial score (nSPS) is 19.8. The lowest BCUT2D eigenvalue weighted by Crippen LogP contribution is -2.37. The van der Waals surface area contributed by atoms with Gasteiger partial charge in [-0.15, -0.1) is 0 Å². The number of aromatic nitrogens is 1. The van der Waals surface area contributed by atoms with Crippen molar-refractivity contribution in [2.45, 2.75) is 19.3 Å². The molecule has 1 aliphatic heterocycles. The van der Waals surface area contributed by atoms with Gasteiger partial charge >= 0.3 is 5.97 Å². The molecule has 1 aliphatic rings. The van der Waals surface area contributed by atoms with Crippen LogP contribution < -0.4 is 4.90 Å². The molecule has 0 radical (unpaired) electrons. The highest BCUT2D eigenvalue weighted by atomic mass is 16.4. The molecule has 98 valence electrons. The number of hydrogen-bond acceptors (Lipinski definition) is 4. The first kappa shape index (κ1) is 12.8. The highest BCUT2D eigenvalue weighted by Gasteiger charge is 2.23. The maximum atomic E-state index is 11.2. The molecule has 1 unspecified atom stereocenters. The number of aliphatic hydroxyl groups is 1. The summed E-state index contributed by atoms with van der Waals surface area (Å²) >= 11 is 0. The van der Waals surface area contributed by atoms with E-state index in [0.29, 0.717) is 11.7 Å². The molecule has 0 bridgehead atoms. The Hall–Kier alpha value is -1.62. The lowest BCUT2D eigenvalue weighted by Gasteiger charge is -2.34. The second-order valence-corrected chi connectivity index (χ2v) is 4.65. The summed E-state index contributed by atoms with van der Waals surface area (Å²) in [5.74, 6) is 0.0300. The fourth-order valence-electron chi connectivity index (χ4n) is 2.49. The number of aliphatic hydroxyl groups excluding tert-OH is 1. The number of nitrogens with zero attached hydrogens (tertiary/aromatic N) is 2. The van der Waals surface area contributed by atoms with Crippen LogP contribution in [0.4, 0.5) is 5.82 Å². The molecule has 0 saturated carbocycles. The molecule has 0 aromatic carbocycles. The molecule has 5 nitrogen and oxygen atoms in total. The van der Waals surface area contributed by atoms with Gasteiger partial charge < -0.3 is 15.1 Å². The number of hydrogen-bond donors (Lipinski definition) is 2. The van der Waals surface area contributed by atoms with Crippen molar-refractivity contribution in [1.29, 1.82) is 0 Å². The van der Waals surface area contributed by atoms with Crippen LogP contribution >= 0.6 is 0 Å². The molecule has 1 fully saturated rings. The Balaban J connectivity index is 2.18. The zero-order valence-corrected chi connectivity index (χ0v) is 10.2. The molecular weight excluding hydrogens is 232 g/mol. The Morgan fingerprint density at radius 1 is 1.56 bits per heavy atom. The van der Waals surface area contributed by atoms with Crippen LogP contribution in [0.2, 0.25) is 0 Å². The maximum Gasteiger partial charge on any atom is 0.339 e. The predicted molar refractivity (Wildman–Crippen MR) is 67.8 cm³/mol. The second-order valence-electron chi connectivity index (χ2n) is 4.65. The molecule has 1 atom stereocenters. The van der Waals surface area contributed by atoms with E-state index < -0.39 is 5.97 Å². The molecule has 2 rings (SSSR count). The molecule has 0 aliphatic carbocycles. The third-order valence-corrected chi connectivity index (χ3v) is 3.37. The van der Waals surface area contributed by atoms with Crippen molar-refractivity contribution in [3.05, 3.63) is 23.9 Å². The van der Waals surface area contributed by atoms with Gasteiger partial charge in [0, 0.05) is 25.9 Å². The Labute approximate surface area is 106 Å². The van der Waals surface area contributed by atoms with Gasteiger partial charge in [-0.1, -0.05) is 0 Å². The average Bonchev–Trinajstić information content (AvgIpc) is 2.39. The smallest absolute Gasteiger partial charge is 0.339 e. The molecule has 1 aromatic heterocycles. The van der Waals surface area contributed by atoms with Crippen LogP contribution in [0.15, 0.2) is 18.3 Å². The van der Waals surface area contributed by atoms with Crippen LogP contribution in [-0.4, -0.2) is 40.9 Å². The fraction of sp³-hybridized carbons (Fsp3) is 0.538. The summed E-state index contributed by atoms with van der Waals surface area (Å²) in [7, 11) is 0. The van der Waals surface area contributed by atoms with E-state index in [1.165, 1.54) is 0 Å². The van der Waals surface area contributed by atoms with Crippen molar-refractivity contribution >= 4 is 11.8 Å². The highest BCUT2D eigenvalue weighted by molar-refractivity contribution is 5.93. The predicted octanol–water partition coefficient (Wildman–Crippen LogP) is 1.38. The van der Waals surface area contributed by atoms with Crippen molar-refractivity contribution in [2.24, 2.45) is 5.92 Å². The first-order chi connectivity index (χ1) is 8.72. The molecule has 18 heavy (non-hydrogen) atoms. The Morgan fingerprint density at radius 3 is 3.11 bits per heavy atom. The van der Waals surface area contributed by atoms with E-state index in [4.69, 9.17) is 10.2 Å². The number of pyridine rings is 1. The van der Waals surface area contributed by atoms with E-state index in [1.54, 1.807) is 18.3 Å². The summed E-state index contributed by atoms with van der Waals surface area (Å²) in [6.45, 7) is 1.80. The van der Waals surface area contributed by atoms with Gasteiger partial charge in [-0.05, 0) is 37.3 Å². The summed E-state index contributed by atoms with van der Waals surface area (Å²) < 4.78 is 0. The fourth-order valence-corrected chi connectivity index (χ4v) is 2.49. The van der Waals surface area contributed by atoms with E-state index in [1.807, 2.05) is 4.90 Å². The summed E-state index contributed by atoms with van der Waals surface area (Å²) in [6, 6.07) is 3.22. The minimum Gasteiger partial charge on any atom is -0.478 e. The lowest BCUT2D eigenvalue weighted by atomic mass is 9.95. The van der Waals surface area contributed by atoms with Gasteiger partial charge in [-0.2, -0.15) is 0 Å². The monoisotopic (exact) mass is 250 g/mol. The SMILES string of the molecule is O=C(O)c1cccnc1N1CCCC(CCO)C1. The zero-order valence-electron chi connectivity index (χ0n) is 10.2. The summed E-state index contributed by atoms with van der Waals surface area (Å²) in [4.78, 5) is 17.4. The number of carboxylic acid groups (broad SMARTS) is 1. The first-order valence-electron chi connectivity index (χ1n) is 6.26. The van der Waals surface area contributed by atoms with Crippen molar-refractivity contribution in [2.75, 3.05) is 24.6 Å². The number of anilines is 1. The molecule has 1 aromatic rings. The van der Waals surface area contributed by atoms with Crippen molar-refractivity contribution in [3.63, 3.8) is 0 Å². The molecule has 5 heteroatoms. The maximum absolute atomic E-state index is 11.2. The largest absolute Gasteiger partial charge is 0.478 e. The van der Waals surface area contributed by atoms with E-state index in [0.717, 1.165) is 32.4 Å². The van der Waals surface area contributed by atoms with Gasteiger partial charge in [-0.3, -0.25) is 0 Å². The van der Waals surface area contributed by atoms with Gasteiger partial charge in [0.1, 0.15) is 11.4 Å². The molecule has 0 spiro atoms. The minimum atomic E-state index is -0.942. The summed E-state index contributed by atoms with van der Waals surface area (Å²) in [5.41, 5.74) is 0.252. The number of carbonyl (C=O) groups is 1. The third kappa shape index (κ3) is 2.79. The average molecular weight is 250 g/mol. The molecule has 0 amide bonds. The molecular formula is C13H18N2O3. The Bertz CT molecular complexity index is 420. The minimum absolute atomic E-state index is 0.187. The van der Waals surface area contributed by atoms with Crippen LogP contribution in [0, 0.1) is 5.92 Å². The van der Waals surface area contributed by atoms with Crippen LogP contribution in [0.1, 0.15) is 29.6 Å². The van der Waals surface area contributed by atoms with Gasteiger partial charge in [-0.25, -0.2) is 9.78 Å². The summed E-state index contributed by atoms with van der Waals surface area (Å²) in [5, 5.41) is 18.1. The van der Waals surface area contributed by atoms with E-state index in [-0.39, 0.29) is 12.2 Å². The Kier molecular flexibility index (Phi) is 4.15. The zero-order chi connectivity index (χ0) is 13.0. The van der Waals surface area contributed by atoms with Crippen LogP contribution in [-0.2, 0) is 0 Å². The number of aromatic carboxylic acids is 1. The molecule has 2 N–H and O–H groups in total. The topological polar surface area (TPSA) is 73.7 Å². The quantitative estimate of drug-likeness (QED) is 0.844. The van der Waals surface area contributed by atoms with E-state index in [2.05, 4.69) is 4.98 Å². The Morgan fingerprint density at radius 2 is 2.39 bits per heavy atom.